The van der Waals surface area contributed by atoms with Gasteiger partial charge in [0.2, 0.25) is 0 Å². The number of halogens is 3. The van der Waals surface area contributed by atoms with Crippen molar-refractivity contribution >= 4 is 18.6 Å². The van der Waals surface area contributed by atoms with Gasteiger partial charge in [0.05, 0.1) is 11.1 Å². The summed E-state index contributed by atoms with van der Waals surface area (Å²) in [5, 5.41) is 8.67. The molecule has 0 aliphatic rings. The van der Waals surface area contributed by atoms with E-state index in [-0.39, 0.29) is 16.0 Å². The summed E-state index contributed by atoms with van der Waals surface area (Å²) >= 11 is 3.69. The van der Waals surface area contributed by atoms with Crippen LogP contribution < -0.4 is 0 Å². The van der Waals surface area contributed by atoms with Crippen LogP contribution in [0, 0.1) is 6.92 Å². The van der Waals surface area contributed by atoms with Crippen molar-refractivity contribution in [2.45, 2.75) is 18.0 Å². The molecule has 0 unspecified atom stereocenters. The minimum atomic E-state index is -4.52. The molecule has 0 radical (unpaired) electrons. The maximum Gasteiger partial charge on any atom is 0.417 e. The highest BCUT2D eigenvalue weighted by molar-refractivity contribution is 7.80. The van der Waals surface area contributed by atoms with Crippen molar-refractivity contribution in [2.24, 2.45) is 0 Å². The summed E-state index contributed by atoms with van der Waals surface area (Å²) in [5.74, 6) is -1.27. The number of aromatic carboxylic acids is 1. The second-order valence-corrected chi connectivity index (χ2v) is 3.38. The fraction of sp³-hybridized carbons (Fsp3) is 0.222. The summed E-state index contributed by atoms with van der Waals surface area (Å²) in [6.07, 6.45) is -4.52. The Morgan fingerprint density at radius 2 is 1.93 bits per heavy atom. The van der Waals surface area contributed by atoms with Gasteiger partial charge in [0.1, 0.15) is 0 Å². The van der Waals surface area contributed by atoms with Crippen LogP contribution in [0.4, 0.5) is 13.2 Å². The van der Waals surface area contributed by atoms with Gasteiger partial charge in [-0.15, -0.1) is 12.6 Å². The number of hydrogen-bond acceptors (Lipinski definition) is 2. The Labute approximate surface area is 89.1 Å². The van der Waals surface area contributed by atoms with Crippen molar-refractivity contribution in [1.82, 2.24) is 0 Å². The topological polar surface area (TPSA) is 37.3 Å². The van der Waals surface area contributed by atoms with E-state index in [1.807, 2.05) is 0 Å². The van der Waals surface area contributed by atoms with Crippen LogP contribution in [0.25, 0.3) is 0 Å². The quantitative estimate of drug-likeness (QED) is 0.735. The van der Waals surface area contributed by atoms with Crippen molar-refractivity contribution in [1.29, 1.82) is 0 Å². The van der Waals surface area contributed by atoms with Crippen molar-refractivity contribution in [3.63, 3.8) is 0 Å². The molecule has 0 saturated carbocycles. The first-order valence-electron chi connectivity index (χ1n) is 3.88. The first kappa shape index (κ1) is 11.9. The van der Waals surface area contributed by atoms with Gasteiger partial charge in [0.25, 0.3) is 0 Å². The predicted molar refractivity (Wildman–Crippen MR) is 50.4 cm³/mol. The van der Waals surface area contributed by atoms with Gasteiger partial charge in [0.15, 0.2) is 0 Å². The summed E-state index contributed by atoms with van der Waals surface area (Å²) in [6, 6.07) is 1.65. The van der Waals surface area contributed by atoms with Crippen LogP contribution in [0.2, 0.25) is 0 Å². The average molecular weight is 236 g/mol. The second-order valence-electron chi connectivity index (χ2n) is 2.94. The molecule has 1 aromatic carbocycles. The minimum Gasteiger partial charge on any atom is -0.478 e. The fourth-order valence-corrected chi connectivity index (χ4v) is 1.48. The molecule has 0 amide bonds. The summed E-state index contributed by atoms with van der Waals surface area (Å²) in [7, 11) is 0. The SMILES string of the molecule is Cc1c(C(=O)O)ccc(C(F)(F)F)c1S. The largest absolute Gasteiger partial charge is 0.478 e. The van der Waals surface area contributed by atoms with E-state index in [2.05, 4.69) is 12.6 Å². The van der Waals surface area contributed by atoms with E-state index in [1.165, 1.54) is 6.92 Å². The first-order chi connectivity index (χ1) is 6.75. The second kappa shape index (κ2) is 3.77. The van der Waals surface area contributed by atoms with Gasteiger partial charge in [0, 0.05) is 4.90 Å². The molecular weight excluding hydrogens is 229 g/mol. The van der Waals surface area contributed by atoms with Gasteiger partial charge in [-0.3, -0.25) is 0 Å². The Bertz CT molecular complexity index is 413. The standard InChI is InChI=1S/C9H7F3O2S/c1-4-5(8(13)14)2-3-6(7(4)15)9(10,11)12/h2-3,15H,1H3,(H,13,14). The Morgan fingerprint density at radius 3 is 2.33 bits per heavy atom. The van der Waals surface area contributed by atoms with Crippen LogP contribution in [0.1, 0.15) is 21.5 Å². The number of hydrogen-bond donors (Lipinski definition) is 2. The molecule has 2 nitrogen and oxygen atoms in total. The van der Waals surface area contributed by atoms with Gasteiger partial charge >= 0.3 is 12.1 Å². The molecule has 0 bridgehead atoms. The van der Waals surface area contributed by atoms with Crippen LogP contribution in [0.3, 0.4) is 0 Å². The monoisotopic (exact) mass is 236 g/mol. The number of benzene rings is 1. The third-order valence-corrected chi connectivity index (χ3v) is 2.54. The first-order valence-corrected chi connectivity index (χ1v) is 4.33. The lowest BCUT2D eigenvalue weighted by atomic mass is 10.0. The Balaban J connectivity index is 3.41. The molecule has 0 atom stereocenters. The highest BCUT2D eigenvalue weighted by Crippen LogP contribution is 2.36. The third-order valence-electron chi connectivity index (χ3n) is 1.97. The lowest BCUT2D eigenvalue weighted by Gasteiger charge is -2.12. The zero-order valence-electron chi connectivity index (χ0n) is 7.59. The summed E-state index contributed by atoms with van der Waals surface area (Å²) in [4.78, 5) is 10.3. The van der Waals surface area contributed by atoms with Gasteiger partial charge in [-0.25, -0.2) is 4.79 Å². The number of alkyl halides is 3. The highest BCUT2D eigenvalue weighted by atomic mass is 32.1. The Hall–Kier alpha value is -1.17. The van der Waals surface area contributed by atoms with Crippen LogP contribution in [-0.2, 0) is 6.18 Å². The van der Waals surface area contributed by atoms with E-state index >= 15 is 0 Å². The molecule has 1 rings (SSSR count). The van der Waals surface area contributed by atoms with Gasteiger partial charge in [-0.1, -0.05) is 0 Å². The number of rotatable bonds is 1. The molecule has 0 fully saturated rings. The van der Waals surface area contributed by atoms with E-state index in [9.17, 15) is 18.0 Å². The van der Waals surface area contributed by atoms with Crippen LogP contribution in [-0.4, -0.2) is 11.1 Å². The number of carbonyl (C=O) groups is 1. The molecule has 0 saturated heterocycles. The summed E-state index contributed by atoms with van der Waals surface area (Å²) in [6.45, 7) is 1.29. The predicted octanol–water partition coefficient (Wildman–Crippen LogP) is 3.00. The van der Waals surface area contributed by atoms with Crippen molar-refractivity contribution in [3.8, 4) is 0 Å². The summed E-state index contributed by atoms with van der Waals surface area (Å²) in [5.41, 5.74) is -1.08. The van der Waals surface area contributed by atoms with Crippen LogP contribution in [0.5, 0.6) is 0 Å². The Morgan fingerprint density at radius 1 is 1.40 bits per heavy atom. The fourth-order valence-electron chi connectivity index (χ4n) is 1.16. The normalized spacial score (nSPS) is 11.5. The molecule has 0 heterocycles. The molecule has 15 heavy (non-hydrogen) atoms. The van der Waals surface area contributed by atoms with Crippen molar-refractivity contribution in [3.05, 3.63) is 28.8 Å². The van der Waals surface area contributed by atoms with E-state index in [1.54, 1.807) is 0 Å². The number of carboxylic acids is 1. The van der Waals surface area contributed by atoms with Gasteiger partial charge in [-0.2, -0.15) is 13.2 Å². The average Bonchev–Trinajstić information content (AvgIpc) is 2.06. The Kier molecular flexibility index (Phi) is 2.99. The lowest BCUT2D eigenvalue weighted by Crippen LogP contribution is -2.10. The van der Waals surface area contributed by atoms with E-state index in [0.717, 1.165) is 12.1 Å². The van der Waals surface area contributed by atoms with E-state index in [4.69, 9.17) is 5.11 Å². The van der Waals surface area contributed by atoms with E-state index in [0.29, 0.717) is 0 Å². The van der Waals surface area contributed by atoms with Gasteiger partial charge in [-0.05, 0) is 24.6 Å². The molecule has 0 aliphatic carbocycles. The van der Waals surface area contributed by atoms with E-state index < -0.39 is 17.7 Å². The molecule has 0 aliphatic heterocycles. The third kappa shape index (κ3) is 2.26. The molecule has 1 N–H and O–H groups in total. The number of thiol groups is 1. The molecule has 82 valence electrons. The maximum atomic E-state index is 12.4. The molecular formula is C9H7F3O2S. The van der Waals surface area contributed by atoms with Crippen LogP contribution in [0.15, 0.2) is 17.0 Å². The zero-order valence-corrected chi connectivity index (χ0v) is 8.49. The van der Waals surface area contributed by atoms with Crippen LogP contribution >= 0.6 is 12.6 Å². The molecule has 0 aromatic heterocycles. The molecule has 0 spiro atoms. The lowest BCUT2D eigenvalue weighted by molar-refractivity contribution is -0.139. The number of carboxylic acid groups (broad SMARTS) is 1. The van der Waals surface area contributed by atoms with Gasteiger partial charge < -0.3 is 5.11 Å². The maximum absolute atomic E-state index is 12.4. The highest BCUT2D eigenvalue weighted by Gasteiger charge is 2.33. The summed E-state index contributed by atoms with van der Waals surface area (Å²) < 4.78 is 37.1. The molecule has 6 heteroatoms. The minimum absolute atomic E-state index is 0.0145. The molecule has 1 aromatic rings. The van der Waals surface area contributed by atoms with Crippen molar-refractivity contribution < 1.29 is 23.1 Å². The smallest absolute Gasteiger partial charge is 0.417 e. The zero-order chi connectivity index (χ0) is 11.8. The van der Waals surface area contributed by atoms with Crippen molar-refractivity contribution in [2.75, 3.05) is 0 Å².